The summed E-state index contributed by atoms with van der Waals surface area (Å²) in [4.78, 5) is 24.4. The van der Waals surface area contributed by atoms with E-state index in [9.17, 15) is 14.7 Å². The number of aromatic carboxylic acids is 1. The molecule has 3 aromatic rings. The Labute approximate surface area is 146 Å². The number of hydrogen-bond donors (Lipinski definition) is 2. The van der Waals surface area contributed by atoms with Crippen LogP contribution in [0.3, 0.4) is 0 Å². The van der Waals surface area contributed by atoms with Gasteiger partial charge in [0, 0.05) is 10.4 Å². The van der Waals surface area contributed by atoms with Crippen LogP contribution in [0.2, 0.25) is 5.02 Å². The highest BCUT2D eigenvalue weighted by Gasteiger charge is 2.21. The molecule has 1 amide bonds. The largest absolute Gasteiger partial charge is 0.478 e. The van der Waals surface area contributed by atoms with Crippen LogP contribution in [0.1, 0.15) is 26.5 Å². The second-order valence-electron chi connectivity index (χ2n) is 5.07. The number of furan rings is 1. The van der Waals surface area contributed by atoms with Gasteiger partial charge in [0.15, 0.2) is 0 Å². The molecule has 24 heavy (non-hydrogen) atoms. The summed E-state index contributed by atoms with van der Waals surface area (Å²) >= 11 is 7.11. The van der Waals surface area contributed by atoms with E-state index >= 15 is 0 Å². The van der Waals surface area contributed by atoms with Crippen LogP contribution in [0.15, 0.2) is 46.4 Å². The average Bonchev–Trinajstić information content (AvgIpc) is 3.14. The van der Waals surface area contributed by atoms with Crippen molar-refractivity contribution in [1.82, 2.24) is 0 Å². The normalized spacial score (nSPS) is 10.6. The summed E-state index contributed by atoms with van der Waals surface area (Å²) in [5.41, 5.74) is 1.36. The summed E-state index contributed by atoms with van der Waals surface area (Å²) < 4.78 is 5.10. The topological polar surface area (TPSA) is 79.5 Å². The van der Waals surface area contributed by atoms with Crippen molar-refractivity contribution in [3.63, 3.8) is 0 Å². The van der Waals surface area contributed by atoms with E-state index in [4.69, 9.17) is 16.0 Å². The molecule has 0 unspecified atom stereocenters. The number of carboxylic acids is 1. The van der Waals surface area contributed by atoms with Gasteiger partial charge < -0.3 is 14.8 Å². The van der Waals surface area contributed by atoms with Crippen molar-refractivity contribution in [1.29, 1.82) is 0 Å². The molecule has 2 heterocycles. The fraction of sp³-hybridized carbons (Fsp3) is 0.0588. The lowest BCUT2D eigenvalue weighted by Gasteiger charge is -2.05. The number of carboxylic acid groups (broad SMARTS) is 1. The number of benzene rings is 1. The maximum atomic E-state index is 12.2. The molecule has 1 aromatic carbocycles. The van der Waals surface area contributed by atoms with Crippen LogP contribution in [0.25, 0.3) is 10.4 Å². The van der Waals surface area contributed by atoms with Gasteiger partial charge in [0.2, 0.25) is 0 Å². The summed E-state index contributed by atoms with van der Waals surface area (Å²) in [7, 11) is 0. The number of thiophene rings is 1. The predicted molar refractivity (Wildman–Crippen MR) is 93.1 cm³/mol. The molecule has 0 atom stereocenters. The molecule has 0 aliphatic rings. The van der Waals surface area contributed by atoms with Crippen molar-refractivity contribution >= 4 is 40.5 Å². The first kappa shape index (κ1) is 16.3. The molecule has 2 N–H and O–H groups in total. The van der Waals surface area contributed by atoms with E-state index in [0.29, 0.717) is 21.2 Å². The third kappa shape index (κ3) is 3.20. The van der Waals surface area contributed by atoms with Crippen LogP contribution in [-0.2, 0) is 0 Å². The first-order valence-electron chi connectivity index (χ1n) is 6.93. The van der Waals surface area contributed by atoms with Gasteiger partial charge in [0.1, 0.15) is 17.6 Å². The average molecular weight is 362 g/mol. The maximum absolute atomic E-state index is 12.2. The third-order valence-corrected chi connectivity index (χ3v) is 4.63. The molecule has 122 valence electrons. The lowest BCUT2D eigenvalue weighted by Crippen LogP contribution is -2.13. The standard InChI is InChI=1S/C17H12ClNO4S/c1-9-6-11(7-23-9)16(20)19-13-8-24-15(14(13)17(21)22)10-2-4-12(18)5-3-10/h2-8H,1H3,(H,19,20)(H,21,22). The Kier molecular flexibility index (Phi) is 4.42. The van der Waals surface area contributed by atoms with Crippen LogP contribution < -0.4 is 5.32 Å². The monoisotopic (exact) mass is 361 g/mol. The van der Waals surface area contributed by atoms with Crippen LogP contribution in [0, 0.1) is 6.92 Å². The number of aryl methyl sites for hydroxylation is 1. The minimum absolute atomic E-state index is 0.0517. The molecule has 5 nitrogen and oxygen atoms in total. The quantitative estimate of drug-likeness (QED) is 0.691. The SMILES string of the molecule is Cc1cc(C(=O)Nc2csc(-c3ccc(Cl)cc3)c2C(=O)O)co1. The van der Waals surface area contributed by atoms with Crippen molar-refractivity contribution < 1.29 is 19.1 Å². The molecule has 0 saturated heterocycles. The number of hydrogen-bond acceptors (Lipinski definition) is 4. The second-order valence-corrected chi connectivity index (χ2v) is 6.38. The van der Waals surface area contributed by atoms with Gasteiger partial charge in [0.05, 0.1) is 16.1 Å². The van der Waals surface area contributed by atoms with E-state index in [-0.39, 0.29) is 11.3 Å². The zero-order valence-electron chi connectivity index (χ0n) is 12.5. The number of nitrogens with one attached hydrogen (secondary N) is 1. The zero-order valence-corrected chi connectivity index (χ0v) is 14.1. The van der Waals surface area contributed by atoms with Crippen LogP contribution in [0.5, 0.6) is 0 Å². The van der Waals surface area contributed by atoms with E-state index in [2.05, 4.69) is 5.32 Å². The Morgan fingerprint density at radius 1 is 1.25 bits per heavy atom. The predicted octanol–water partition coefficient (Wildman–Crippen LogP) is 4.92. The lowest BCUT2D eigenvalue weighted by atomic mass is 10.1. The summed E-state index contributed by atoms with van der Waals surface area (Å²) in [6.45, 7) is 1.72. The van der Waals surface area contributed by atoms with Crippen molar-refractivity contribution in [3.8, 4) is 10.4 Å². The van der Waals surface area contributed by atoms with Gasteiger partial charge in [-0.15, -0.1) is 11.3 Å². The molecule has 0 saturated carbocycles. The first-order valence-corrected chi connectivity index (χ1v) is 8.18. The number of carbonyl (C=O) groups excluding carboxylic acids is 1. The van der Waals surface area contributed by atoms with E-state index in [0.717, 1.165) is 5.56 Å². The van der Waals surface area contributed by atoms with Gasteiger partial charge in [-0.05, 0) is 30.7 Å². The van der Waals surface area contributed by atoms with Gasteiger partial charge in [-0.25, -0.2) is 4.79 Å². The third-order valence-electron chi connectivity index (χ3n) is 3.35. The van der Waals surface area contributed by atoms with Crippen LogP contribution in [-0.4, -0.2) is 17.0 Å². The molecule has 0 radical (unpaired) electrons. The van der Waals surface area contributed by atoms with Gasteiger partial charge in [0.25, 0.3) is 5.91 Å². The number of rotatable bonds is 4. The van der Waals surface area contributed by atoms with Gasteiger partial charge in [-0.1, -0.05) is 23.7 Å². The van der Waals surface area contributed by atoms with E-state index in [1.807, 2.05) is 0 Å². The highest BCUT2D eigenvalue weighted by Crippen LogP contribution is 2.36. The summed E-state index contributed by atoms with van der Waals surface area (Å²) in [6.07, 6.45) is 1.33. The van der Waals surface area contributed by atoms with Crippen molar-refractivity contribution in [3.05, 3.63) is 63.9 Å². The molecular weight excluding hydrogens is 350 g/mol. The highest BCUT2D eigenvalue weighted by molar-refractivity contribution is 7.14. The minimum Gasteiger partial charge on any atom is -0.478 e. The lowest BCUT2D eigenvalue weighted by molar-refractivity contribution is 0.0699. The molecular formula is C17H12ClNO4S. The minimum atomic E-state index is -1.11. The van der Waals surface area contributed by atoms with Gasteiger partial charge >= 0.3 is 5.97 Å². The fourth-order valence-corrected chi connectivity index (χ4v) is 3.36. The second kappa shape index (κ2) is 6.51. The van der Waals surface area contributed by atoms with E-state index in [1.54, 1.807) is 42.6 Å². The molecule has 0 spiro atoms. The molecule has 3 rings (SSSR count). The smallest absolute Gasteiger partial charge is 0.339 e. The van der Waals surface area contributed by atoms with Gasteiger partial charge in [-0.3, -0.25) is 4.79 Å². The van der Waals surface area contributed by atoms with Crippen molar-refractivity contribution in [2.45, 2.75) is 6.92 Å². The Hall–Kier alpha value is -2.57. The first-order chi connectivity index (χ1) is 11.5. The maximum Gasteiger partial charge on any atom is 0.339 e. The Morgan fingerprint density at radius 3 is 2.54 bits per heavy atom. The molecule has 0 aliphatic heterocycles. The molecule has 0 aliphatic carbocycles. The number of carbonyl (C=O) groups is 2. The number of anilines is 1. The van der Waals surface area contributed by atoms with Gasteiger partial charge in [-0.2, -0.15) is 0 Å². The van der Waals surface area contributed by atoms with Crippen LogP contribution >= 0.6 is 22.9 Å². The summed E-state index contributed by atoms with van der Waals surface area (Å²) in [5, 5.41) is 14.4. The summed E-state index contributed by atoms with van der Waals surface area (Å²) in [5.74, 6) is -0.930. The molecule has 7 heteroatoms. The Balaban J connectivity index is 1.96. The number of halogens is 1. The summed E-state index contributed by atoms with van der Waals surface area (Å²) in [6, 6.07) is 8.45. The van der Waals surface area contributed by atoms with Crippen molar-refractivity contribution in [2.24, 2.45) is 0 Å². The molecule has 0 fully saturated rings. The zero-order chi connectivity index (χ0) is 17.3. The molecule has 2 aromatic heterocycles. The fourth-order valence-electron chi connectivity index (χ4n) is 2.23. The Bertz CT molecular complexity index is 911. The van der Waals surface area contributed by atoms with E-state index < -0.39 is 11.9 Å². The Morgan fingerprint density at radius 2 is 1.96 bits per heavy atom. The highest BCUT2D eigenvalue weighted by atomic mass is 35.5. The van der Waals surface area contributed by atoms with Crippen molar-refractivity contribution in [2.75, 3.05) is 5.32 Å². The molecule has 0 bridgehead atoms. The van der Waals surface area contributed by atoms with Crippen LogP contribution in [0.4, 0.5) is 5.69 Å². The van der Waals surface area contributed by atoms with E-state index in [1.165, 1.54) is 17.6 Å². The number of amides is 1.